The van der Waals surface area contributed by atoms with E-state index in [0.717, 1.165) is 47.5 Å². The SMILES string of the molecule is CCC(=O)N1c2ccccc2[C@H](N(C(=O)OCc2ccc(NC(=O)[C@H](C)NC(=O)[C@@H](NC(=O)OCC3c4ccccc4-c4ccccc43)C(C)C)cc2)c2ccc(NC(=O)CNC(=O)Nc3ccc(OCCN4CCN(C(C)=O)CC4)cc3)cc2)C[C@@H]1C. The molecule has 0 bridgehead atoms. The van der Waals surface area contributed by atoms with Gasteiger partial charge in [-0.25, -0.2) is 14.4 Å². The highest BCUT2D eigenvalue weighted by Crippen LogP contribution is 2.45. The molecule has 0 radical (unpaired) electrons. The highest BCUT2D eigenvalue weighted by atomic mass is 16.6. The standard InChI is InChI=1S/C67H76N10O11/c1-7-61(80)76-43(4)38-59(56-18-12-13-19-58(56)76)77(50-28-24-47(25-29-50)70-60(79)39-68-65(83)72-49-26-30-51(31-27-49)86-37-36-74-32-34-75(35-33-74)45(6)78)67(85)88-40-46-20-22-48(23-21-46)71-63(81)44(5)69-64(82)62(42(2)3)73-66(84)87-41-57-54-16-10-8-14-52(54)53-15-9-11-17-55(53)57/h8-31,42-44,57,59,62H,7,32-41H2,1-6H3,(H,69,82)(H,70,79)(H,71,81)(H,73,84)(H2,68,72,83)/t43-,44-,59+,62-/m0/s1. The third kappa shape index (κ3) is 15.6. The quantitative estimate of drug-likeness (QED) is 0.0394. The summed E-state index contributed by atoms with van der Waals surface area (Å²) in [4.78, 5) is 113. The van der Waals surface area contributed by atoms with Gasteiger partial charge in [-0.15, -0.1) is 0 Å². The molecular formula is C67H76N10O11. The number of ether oxygens (including phenoxy) is 3. The largest absolute Gasteiger partial charge is 0.492 e. The number of para-hydroxylation sites is 1. The highest BCUT2D eigenvalue weighted by molar-refractivity contribution is 6.00. The Hall–Kier alpha value is -9.76. The predicted octanol–water partition coefficient (Wildman–Crippen LogP) is 9.42. The van der Waals surface area contributed by atoms with Crippen molar-refractivity contribution < 1.29 is 52.6 Å². The van der Waals surface area contributed by atoms with Crippen LogP contribution in [0.15, 0.2) is 146 Å². The summed E-state index contributed by atoms with van der Waals surface area (Å²) in [6.45, 7) is 14.2. The van der Waals surface area contributed by atoms with Gasteiger partial charge in [0, 0.05) is 86.5 Å². The van der Waals surface area contributed by atoms with Crippen LogP contribution < -0.4 is 46.4 Å². The van der Waals surface area contributed by atoms with Gasteiger partial charge in [0.2, 0.25) is 29.5 Å². The van der Waals surface area contributed by atoms with Gasteiger partial charge in [0.05, 0.1) is 12.6 Å². The molecule has 1 saturated heterocycles. The number of fused-ring (bicyclic) bond motifs is 4. The van der Waals surface area contributed by atoms with E-state index in [1.54, 1.807) is 103 Å². The average molecular weight is 1200 g/mol. The van der Waals surface area contributed by atoms with Gasteiger partial charge in [0.15, 0.2) is 0 Å². The molecule has 0 saturated carbocycles. The zero-order valence-corrected chi connectivity index (χ0v) is 50.4. The van der Waals surface area contributed by atoms with E-state index in [1.165, 1.54) is 6.92 Å². The summed E-state index contributed by atoms with van der Waals surface area (Å²) in [5.74, 6) is -1.38. The summed E-state index contributed by atoms with van der Waals surface area (Å²) in [6, 6.07) is 40.3. The van der Waals surface area contributed by atoms with Gasteiger partial charge in [-0.1, -0.05) is 99.6 Å². The minimum atomic E-state index is -0.993. The minimum absolute atomic E-state index is 0.0521. The number of carbonyl (C=O) groups is 8. The van der Waals surface area contributed by atoms with Crippen LogP contribution in [0, 0.1) is 5.92 Å². The number of carbonyl (C=O) groups excluding carboxylic acids is 8. The van der Waals surface area contributed by atoms with E-state index in [1.807, 2.05) is 91.5 Å². The highest BCUT2D eigenvalue weighted by Gasteiger charge is 2.39. The molecule has 21 heteroatoms. The molecule has 1 fully saturated rings. The van der Waals surface area contributed by atoms with E-state index in [0.29, 0.717) is 72.3 Å². The molecule has 2 aliphatic heterocycles. The number of piperazine rings is 1. The first-order valence-corrected chi connectivity index (χ1v) is 29.8. The van der Waals surface area contributed by atoms with Gasteiger partial charge in [0.25, 0.3) is 0 Å². The van der Waals surface area contributed by atoms with E-state index in [-0.39, 0.29) is 49.5 Å². The smallest absolute Gasteiger partial charge is 0.415 e. The van der Waals surface area contributed by atoms with Crippen LogP contribution in [0.5, 0.6) is 5.75 Å². The Morgan fingerprint density at radius 3 is 1.88 bits per heavy atom. The lowest BCUT2D eigenvalue weighted by Gasteiger charge is -2.43. The third-order valence-corrected chi connectivity index (χ3v) is 16.0. The van der Waals surface area contributed by atoms with Crippen LogP contribution >= 0.6 is 0 Å². The first-order chi connectivity index (χ1) is 42.4. The lowest BCUT2D eigenvalue weighted by Crippen LogP contribution is -2.53. The van der Waals surface area contributed by atoms with Crippen molar-refractivity contribution in [3.05, 3.63) is 168 Å². The van der Waals surface area contributed by atoms with Crippen molar-refractivity contribution in [1.82, 2.24) is 25.8 Å². The number of alkyl carbamates (subject to hydrolysis) is 1. The molecule has 3 aliphatic rings. The fourth-order valence-corrected chi connectivity index (χ4v) is 11.3. The molecule has 6 N–H and O–H groups in total. The Balaban J connectivity index is 0.768. The van der Waals surface area contributed by atoms with Gasteiger partial charge in [-0.3, -0.25) is 33.8 Å². The van der Waals surface area contributed by atoms with E-state index in [9.17, 15) is 38.4 Å². The monoisotopic (exact) mass is 1200 g/mol. The number of amides is 9. The van der Waals surface area contributed by atoms with Crippen molar-refractivity contribution in [2.24, 2.45) is 5.92 Å². The second-order valence-corrected chi connectivity index (χ2v) is 22.4. The summed E-state index contributed by atoms with van der Waals surface area (Å²) < 4.78 is 17.6. The van der Waals surface area contributed by atoms with Gasteiger partial charge >= 0.3 is 18.2 Å². The summed E-state index contributed by atoms with van der Waals surface area (Å²) in [7, 11) is 0. The van der Waals surface area contributed by atoms with Crippen molar-refractivity contribution in [3.63, 3.8) is 0 Å². The van der Waals surface area contributed by atoms with Crippen molar-refractivity contribution in [2.75, 3.05) is 78.2 Å². The van der Waals surface area contributed by atoms with Crippen LogP contribution in [-0.4, -0.2) is 128 Å². The maximum atomic E-state index is 14.5. The van der Waals surface area contributed by atoms with E-state index in [4.69, 9.17) is 14.2 Å². The molecule has 21 nitrogen and oxygen atoms in total. The second kappa shape index (κ2) is 29.1. The Bertz CT molecular complexity index is 3440. The molecule has 460 valence electrons. The van der Waals surface area contributed by atoms with Crippen molar-refractivity contribution >= 4 is 76.2 Å². The van der Waals surface area contributed by atoms with Crippen LogP contribution in [0.2, 0.25) is 0 Å². The van der Waals surface area contributed by atoms with Gasteiger partial charge in [0.1, 0.15) is 37.7 Å². The fourth-order valence-electron chi connectivity index (χ4n) is 11.3. The number of anilines is 5. The molecule has 2 heterocycles. The first kappa shape index (κ1) is 62.8. The summed E-state index contributed by atoms with van der Waals surface area (Å²) in [5, 5.41) is 16.3. The van der Waals surface area contributed by atoms with E-state index < -0.39 is 54.1 Å². The Morgan fingerprint density at radius 2 is 1.24 bits per heavy atom. The molecule has 88 heavy (non-hydrogen) atoms. The molecule has 1 aliphatic carbocycles. The van der Waals surface area contributed by atoms with Gasteiger partial charge < -0.3 is 55.9 Å². The summed E-state index contributed by atoms with van der Waals surface area (Å²) in [6.07, 6.45) is -0.755. The minimum Gasteiger partial charge on any atom is -0.492 e. The third-order valence-electron chi connectivity index (χ3n) is 16.0. The maximum Gasteiger partial charge on any atom is 0.415 e. The lowest BCUT2D eigenvalue weighted by molar-refractivity contribution is -0.130. The van der Waals surface area contributed by atoms with E-state index in [2.05, 4.69) is 36.8 Å². The summed E-state index contributed by atoms with van der Waals surface area (Å²) >= 11 is 0. The fraction of sp³-hybridized carbons (Fsp3) is 0.343. The van der Waals surface area contributed by atoms with Crippen LogP contribution in [-0.2, 0) is 40.1 Å². The topological polar surface area (TPSA) is 249 Å². The van der Waals surface area contributed by atoms with Crippen LogP contribution in [0.4, 0.5) is 42.8 Å². The Labute approximate surface area is 512 Å². The van der Waals surface area contributed by atoms with Crippen LogP contribution in [0.3, 0.4) is 0 Å². The van der Waals surface area contributed by atoms with Gasteiger partial charge in [-0.2, -0.15) is 0 Å². The number of benzene rings is 6. The molecule has 9 rings (SSSR count). The predicted molar refractivity (Wildman–Crippen MR) is 336 cm³/mol. The first-order valence-electron chi connectivity index (χ1n) is 29.8. The number of hydrogen-bond donors (Lipinski definition) is 6. The Kier molecular flexibility index (Phi) is 20.7. The molecule has 6 aromatic carbocycles. The van der Waals surface area contributed by atoms with Crippen molar-refractivity contribution in [2.45, 2.75) is 91.1 Å². The molecular weight excluding hydrogens is 1120 g/mol. The number of urea groups is 1. The number of rotatable bonds is 21. The van der Waals surface area contributed by atoms with Gasteiger partial charge in [-0.05, 0) is 126 Å². The normalized spacial score (nSPS) is 15.9. The van der Waals surface area contributed by atoms with Crippen LogP contribution in [0.25, 0.3) is 11.1 Å². The molecule has 9 amide bonds. The number of nitrogens with zero attached hydrogens (tertiary/aromatic N) is 4. The molecule has 4 atom stereocenters. The van der Waals surface area contributed by atoms with Crippen molar-refractivity contribution in [3.8, 4) is 16.9 Å². The molecule has 0 unspecified atom stereocenters. The van der Waals surface area contributed by atoms with E-state index >= 15 is 0 Å². The van der Waals surface area contributed by atoms with Crippen molar-refractivity contribution in [1.29, 1.82) is 0 Å². The Morgan fingerprint density at radius 1 is 0.648 bits per heavy atom. The average Bonchev–Trinajstić information content (AvgIpc) is 1.63. The molecule has 0 aromatic heterocycles. The zero-order chi connectivity index (χ0) is 62.4. The number of hydrogen-bond acceptors (Lipinski definition) is 12. The zero-order valence-electron chi connectivity index (χ0n) is 50.4. The molecule has 0 spiro atoms. The lowest BCUT2D eigenvalue weighted by atomic mass is 9.90. The second-order valence-electron chi connectivity index (χ2n) is 22.4. The number of nitrogens with one attached hydrogen (secondary N) is 6. The maximum absolute atomic E-state index is 14.5. The van der Waals surface area contributed by atoms with Crippen LogP contribution in [0.1, 0.15) is 88.6 Å². The molecule has 6 aromatic rings. The summed E-state index contributed by atoms with van der Waals surface area (Å²) in [5.41, 5.74) is 8.13.